The van der Waals surface area contributed by atoms with Crippen molar-refractivity contribution in [1.82, 2.24) is 19.9 Å². The molecule has 2 N–H and O–H groups in total. The zero-order valence-corrected chi connectivity index (χ0v) is 17.0. The molecule has 0 spiro atoms. The number of nitrogens with one attached hydrogen (secondary N) is 1. The predicted molar refractivity (Wildman–Crippen MR) is 108 cm³/mol. The van der Waals surface area contributed by atoms with Gasteiger partial charge in [0.1, 0.15) is 5.82 Å². The molecule has 0 bridgehead atoms. The first-order valence-electron chi connectivity index (χ1n) is 10.2. The van der Waals surface area contributed by atoms with Crippen molar-refractivity contribution in [3.8, 4) is 17.3 Å². The van der Waals surface area contributed by atoms with Crippen molar-refractivity contribution in [2.24, 2.45) is 5.92 Å². The van der Waals surface area contributed by atoms with Crippen LogP contribution in [0.2, 0.25) is 0 Å². The number of hydrogen-bond acceptors (Lipinski definition) is 5. The molecule has 1 aliphatic carbocycles. The maximum absolute atomic E-state index is 12.7. The van der Waals surface area contributed by atoms with E-state index in [9.17, 15) is 18.0 Å². The molecular formula is C22H21F3N4O3. The van der Waals surface area contributed by atoms with Crippen LogP contribution in [0.1, 0.15) is 53.3 Å². The number of carboxylic acid groups (broad SMARTS) is 1. The quantitative estimate of drug-likeness (QED) is 0.556. The highest BCUT2D eigenvalue weighted by Crippen LogP contribution is 2.36. The van der Waals surface area contributed by atoms with Gasteiger partial charge >= 0.3 is 12.1 Å². The van der Waals surface area contributed by atoms with E-state index in [4.69, 9.17) is 9.84 Å². The number of alkyl halides is 3. The summed E-state index contributed by atoms with van der Waals surface area (Å²) in [5.41, 5.74) is 0.591. The Labute approximate surface area is 181 Å². The summed E-state index contributed by atoms with van der Waals surface area (Å²) >= 11 is 0. The average Bonchev–Trinajstić information content (AvgIpc) is 3.29. The van der Waals surface area contributed by atoms with Gasteiger partial charge in [0.15, 0.2) is 5.69 Å². The maximum atomic E-state index is 12.7. The lowest BCUT2D eigenvalue weighted by molar-refractivity contribution is -0.140. The van der Waals surface area contributed by atoms with Crippen molar-refractivity contribution in [2.45, 2.75) is 37.8 Å². The van der Waals surface area contributed by atoms with Gasteiger partial charge in [0.2, 0.25) is 5.88 Å². The van der Waals surface area contributed by atoms with Gasteiger partial charge in [-0.1, -0.05) is 0 Å². The van der Waals surface area contributed by atoms with Crippen LogP contribution < -0.4 is 4.74 Å². The monoisotopic (exact) mass is 446 g/mol. The van der Waals surface area contributed by atoms with Crippen molar-refractivity contribution in [3.63, 3.8) is 0 Å². The number of hydrogen-bond donors (Lipinski definition) is 2. The number of nitrogens with zero attached hydrogens (tertiary/aromatic N) is 3. The summed E-state index contributed by atoms with van der Waals surface area (Å²) in [5, 5.41) is 9.04. The summed E-state index contributed by atoms with van der Waals surface area (Å²) in [6.07, 6.45) is 3.02. The minimum atomic E-state index is -4.49. The zero-order valence-electron chi connectivity index (χ0n) is 17.0. The van der Waals surface area contributed by atoms with Crippen molar-refractivity contribution in [2.75, 3.05) is 6.61 Å². The van der Waals surface area contributed by atoms with Crippen molar-refractivity contribution in [3.05, 3.63) is 59.8 Å². The Morgan fingerprint density at radius 1 is 1.16 bits per heavy atom. The molecule has 0 unspecified atom stereocenters. The first-order chi connectivity index (χ1) is 15.3. The molecule has 7 nitrogen and oxygen atoms in total. The number of aromatic nitrogens is 4. The third-order valence-electron chi connectivity index (χ3n) is 5.64. The van der Waals surface area contributed by atoms with Gasteiger partial charge in [-0.2, -0.15) is 13.2 Å². The first kappa shape index (κ1) is 21.8. The molecule has 1 fully saturated rings. The first-order valence-corrected chi connectivity index (χ1v) is 10.2. The minimum Gasteiger partial charge on any atom is -0.478 e. The fourth-order valence-electron chi connectivity index (χ4n) is 3.85. The predicted octanol–water partition coefficient (Wildman–Crippen LogP) is 4.94. The molecule has 3 aromatic rings. The second-order valence-electron chi connectivity index (χ2n) is 7.82. The number of carbonyl (C=O) groups is 1. The van der Waals surface area contributed by atoms with E-state index in [1.807, 2.05) is 6.07 Å². The molecule has 0 aromatic carbocycles. The van der Waals surface area contributed by atoms with Crippen LogP contribution in [-0.2, 0) is 6.18 Å². The molecule has 0 amide bonds. The van der Waals surface area contributed by atoms with Crippen LogP contribution in [0.5, 0.6) is 5.88 Å². The van der Waals surface area contributed by atoms with Gasteiger partial charge in [-0.3, -0.25) is 4.98 Å². The van der Waals surface area contributed by atoms with Crippen LogP contribution in [0.15, 0.2) is 42.9 Å². The fourth-order valence-corrected chi connectivity index (χ4v) is 3.85. The van der Waals surface area contributed by atoms with E-state index < -0.39 is 17.8 Å². The number of imidazole rings is 1. The molecule has 3 heterocycles. The molecule has 1 aliphatic rings. The molecule has 0 atom stereocenters. The van der Waals surface area contributed by atoms with Gasteiger partial charge in [-0.05, 0) is 49.8 Å². The van der Waals surface area contributed by atoms with E-state index in [0.29, 0.717) is 24.0 Å². The van der Waals surface area contributed by atoms with Crippen molar-refractivity contribution >= 4 is 5.97 Å². The van der Waals surface area contributed by atoms with Gasteiger partial charge < -0.3 is 14.8 Å². The third-order valence-corrected chi connectivity index (χ3v) is 5.64. The molecule has 3 aromatic heterocycles. The average molecular weight is 446 g/mol. The molecule has 4 rings (SSSR count). The fraction of sp³-hybridized carbons (Fsp3) is 0.364. The van der Waals surface area contributed by atoms with E-state index in [-0.39, 0.29) is 17.3 Å². The largest absolute Gasteiger partial charge is 0.478 e. The molecule has 10 heteroatoms. The molecule has 168 valence electrons. The van der Waals surface area contributed by atoms with Gasteiger partial charge in [-0.25, -0.2) is 14.8 Å². The number of carboxylic acids is 1. The highest BCUT2D eigenvalue weighted by molar-refractivity contribution is 5.87. The summed E-state index contributed by atoms with van der Waals surface area (Å²) < 4.78 is 43.9. The number of aromatic amines is 1. The van der Waals surface area contributed by atoms with Gasteiger partial charge in [0.05, 0.1) is 12.2 Å². The molecule has 0 radical (unpaired) electrons. The molecule has 0 aliphatic heterocycles. The summed E-state index contributed by atoms with van der Waals surface area (Å²) in [6.45, 7) is 0.467. The summed E-state index contributed by atoms with van der Waals surface area (Å²) in [6, 6.07) is 6.40. The Kier molecular flexibility index (Phi) is 6.11. The molecule has 1 saturated carbocycles. The number of H-pyrrole nitrogens is 1. The standard InChI is InChI=1S/C22H21F3N4O3/c23-22(24,25)18-11-28-20(29-18)16-5-6-17(27-10-16)14-3-1-13(2-4-14)12-32-19-9-15(21(30)31)7-8-26-19/h5-11,13-14H,1-4,12H2,(H,28,29)(H,30,31)/t13-,14-. The van der Waals surface area contributed by atoms with Crippen LogP contribution >= 0.6 is 0 Å². The maximum Gasteiger partial charge on any atom is 0.434 e. The van der Waals surface area contributed by atoms with Crippen LogP contribution in [-0.4, -0.2) is 37.6 Å². The van der Waals surface area contributed by atoms with Crippen LogP contribution in [0.25, 0.3) is 11.4 Å². The van der Waals surface area contributed by atoms with Crippen LogP contribution in [0.3, 0.4) is 0 Å². The number of aromatic carboxylic acids is 1. The second-order valence-corrected chi connectivity index (χ2v) is 7.82. The minimum absolute atomic E-state index is 0.136. The van der Waals surface area contributed by atoms with E-state index in [2.05, 4.69) is 19.9 Å². The normalized spacial score (nSPS) is 19.0. The highest BCUT2D eigenvalue weighted by Gasteiger charge is 2.33. The lowest BCUT2D eigenvalue weighted by Gasteiger charge is -2.28. The molecule has 0 saturated heterocycles. The summed E-state index contributed by atoms with van der Waals surface area (Å²) in [5.74, 6) is 0.0265. The van der Waals surface area contributed by atoms with E-state index >= 15 is 0 Å². The van der Waals surface area contributed by atoms with Crippen LogP contribution in [0, 0.1) is 5.92 Å². The third kappa shape index (κ3) is 5.06. The Morgan fingerprint density at radius 3 is 2.56 bits per heavy atom. The Bertz CT molecular complexity index is 1070. The Morgan fingerprint density at radius 2 is 1.94 bits per heavy atom. The molecule has 32 heavy (non-hydrogen) atoms. The smallest absolute Gasteiger partial charge is 0.434 e. The van der Waals surface area contributed by atoms with Gasteiger partial charge in [-0.15, -0.1) is 0 Å². The molecular weight excluding hydrogens is 425 g/mol. The van der Waals surface area contributed by atoms with E-state index in [1.54, 1.807) is 12.3 Å². The SMILES string of the molecule is O=C(O)c1ccnc(OC[C@H]2CC[C@H](c3ccc(-c4nc(C(F)(F)F)c[nH]4)cn3)CC2)c1. The highest BCUT2D eigenvalue weighted by atomic mass is 19.4. The Hall–Kier alpha value is -3.43. The second kappa shape index (κ2) is 8.97. The van der Waals surface area contributed by atoms with E-state index in [0.717, 1.165) is 37.6 Å². The van der Waals surface area contributed by atoms with Crippen molar-refractivity contribution in [1.29, 1.82) is 0 Å². The number of halogens is 3. The number of pyridine rings is 2. The number of ether oxygens (including phenoxy) is 1. The topological polar surface area (TPSA) is 101 Å². The lowest BCUT2D eigenvalue weighted by atomic mass is 9.80. The van der Waals surface area contributed by atoms with Gasteiger partial charge in [0.25, 0.3) is 0 Å². The summed E-state index contributed by atoms with van der Waals surface area (Å²) in [4.78, 5) is 25.7. The van der Waals surface area contributed by atoms with E-state index in [1.165, 1.54) is 18.3 Å². The van der Waals surface area contributed by atoms with Gasteiger partial charge in [0, 0.05) is 41.8 Å². The number of rotatable bonds is 6. The lowest BCUT2D eigenvalue weighted by Crippen LogP contribution is -2.20. The Balaban J connectivity index is 1.30. The zero-order chi connectivity index (χ0) is 22.7. The summed E-state index contributed by atoms with van der Waals surface area (Å²) in [7, 11) is 0. The van der Waals surface area contributed by atoms with Crippen LogP contribution in [0.4, 0.5) is 13.2 Å². The van der Waals surface area contributed by atoms with Crippen molar-refractivity contribution < 1.29 is 27.8 Å².